The molecule has 30 heavy (non-hydrogen) atoms. The molecule has 0 radical (unpaired) electrons. The predicted octanol–water partition coefficient (Wildman–Crippen LogP) is 4.79. The van der Waals surface area contributed by atoms with Crippen LogP contribution in [0, 0.1) is 5.82 Å². The van der Waals surface area contributed by atoms with Crippen molar-refractivity contribution in [2.24, 2.45) is 10.7 Å². The second-order valence-electron chi connectivity index (χ2n) is 6.78. The Balaban J connectivity index is 1.48. The molecule has 4 rings (SSSR count). The van der Waals surface area contributed by atoms with Gasteiger partial charge in [0.15, 0.2) is 0 Å². The van der Waals surface area contributed by atoms with E-state index in [0.29, 0.717) is 17.2 Å². The Kier molecular flexibility index (Phi) is 5.48. The molecule has 1 unspecified atom stereocenters. The number of hydrogen-bond acceptors (Lipinski definition) is 6. The average Bonchev–Trinajstić information content (AvgIpc) is 2.75. The molecule has 1 atom stereocenters. The summed E-state index contributed by atoms with van der Waals surface area (Å²) in [5.41, 5.74) is 16.1. The van der Waals surface area contributed by atoms with Crippen molar-refractivity contribution in [1.82, 2.24) is 0 Å². The molecule has 6 nitrogen and oxygen atoms in total. The monoisotopic (exact) mass is 426 g/mol. The van der Waals surface area contributed by atoms with Gasteiger partial charge >= 0.3 is 0 Å². The Morgan fingerprint density at radius 1 is 1.13 bits per heavy atom. The van der Waals surface area contributed by atoms with Gasteiger partial charge in [-0.3, -0.25) is 0 Å². The minimum atomic E-state index is -0.453. The zero-order chi connectivity index (χ0) is 21.3. The highest BCUT2D eigenvalue weighted by atomic mass is 35.5. The van der Waals surface area contributed by atoms with Crippen molar-refractivity contribution in [2.75, 3.05) is 17.7 Å². The number of aliphatic imine (C=N–C) groups is 1. The maximum atomic E-state index is 13.3. The van der Waals surface area contributed by atoms with Gasteiger partial charge in [0.1, 0.15) is 30.1 Å². The summed E-state index contributed by atoms with van der Waals surface area (Å²) in [7, 11) is 1.56. The highest BCUT2D eigenvalue weighted by Gasteiger charge is 2.24. The number of nitrogens with two attached hydrogens (primary N) is 2. The number of hydrogen-bond donors (Lipinski definition) is 2. The van der Waals surface area contributed by atoms with E-state index in [-0.39, 0.29) is 11.6 Å². The lowest BCUT2D eigenvalue weighted by molar-refractivity contribution is 0.306. The molecule has 8 heteroatoms. The molecule has 1 aliphatic heterocycles. The molecular formula is C22H20ClFN4O2. The van der Waals surface area contributed by atoms with Crippen LogP contribution in [0.4, 0.5) is 21.5 Å². The minimum Gasteiger partial charge on any atom is -0.495 e. The van der Waals surface area contributed by atoms with Crippen LogP contribution in [0.15, 0.2) is 59.6 Å². The zero-order valence-corrected chi connectivity index (χ0v) is 16.9. The lowest BCUT2D eigenvalue weighted by Crippen LogP contribution is -2.35. The molecule has 3 aromatic carbocycles. The van der Waals surface area contributed by atoms with Gasteiger partial charge in [-0.1, -0.05) is 17.7 Å². The van der Waals surface area contributed by atoms with E-state index in [4.69, 9.17) is 32.5 Å². The van der Waals surface area contributed by atoms with Crippen LogP contribution in [-0.4, -0.2) is 13.4 Å². The van der Waals surface area contributed by atoms with E-state index in [1.807, 2.05) is 29.2 Å². The molecule has 0 fully saturated rings. The number of anilines is 2. The maximum Gasteiger partial charge on any atom is 0.143 e. The number of nitrogens with zero attached hydrogens (tertiary/aromatic N) is 2. The first kappa shape index (κ1) is 20.0. The third-order valence-electron chi connectivity index (χ3n) is 4.84. The molecular weight excluding hydrogens is 407 g/mol. The second kappa shape index (κ2) is 8.22. The van der Waals surface area contributed by atoms with Crippen LogP contribution >= 0.6 is 11.6 Å². The molecule has 0 saturated carbocycles. The van der Waals surface area contributed by atoms with Crippen LogP contribution in [0.1, 0.15) is 17.3 Å². The van der Waals surface area contributed by atoms with E-state index in [0.717, 1.165) is 22.5 Å². The molecule has 154 valence electrons. The summed E-state index contributed by atoms with van der Waals surface area (Å²) in [6, 6.07) is 15.5. The first-order valence-electron chi connectivity index (χ1n) is 9.18. The molecule has 3 aromatic rings. The van der Waals surface area contributed by atoms with Gasteiger partial charge in [0, 0.05) is 17.3 Å². The molecule has 0 aromatic heterocycles. The lowest BCUT2D eigenvalue weighted by atomic mass is 10.1. The summed E-state index contributed by atoms with van der Waals surface area (Å²) in [6.07, 6.45) is 1.23. The maximum absolute atomic E-state index is 13.3. The van der Waals surface area contributed by atoms with Crippen LogP contribution < -0.4 is 25.8 Å². The van der Waals surface area contributed by atoms with Gasteiger partial charge in [-0.15, -0.1) is 0 Å². The number of rotatable bonds is 5. The molecule has 0 spiro atoms. The van der Waals surface area contributed by atoms with Crippen molar-refractivity contribution in [3.05, 3.63) is 76.6 Å². The molecule has 1 heterocycles. The van der Waals surface area contributed by atoms with E-state index in [2.05, 4.69) is 4.99 Å². The van der Waals surface area contributed by atoms with Crippen molar-refractivity contribution in [3.8, 4) is 11.5 Å². The SMILES string of the molecule is COc1cc2c(cc1N)C(N)N(c1ccc(OCc3ccc(F)c(Cl)c3)cc1)C=N2. The van der Waals surface area contributed by atoms with Crippen molar-refractivity contribution >= 4 is 35.0 Å². The number of fused-ring (bicyclic) bond motifs is 1. The Bertz CT molecular complexity index is 1110. The van der Waals surface area contributed by atoms with Crippen LogP contribution in [0.3, 0.4) is 0 Å². The summed E-state index contributed by atoms with van der Waals surface area (Å²) in [5, 5.41) is 0.0726. The Morgan fingerprint density at radius 3 is 2.60 bits per heavy atom. The fourth-order valence-electron chi connectivity index (χ4n) is 3.21. The molecule has 4 N–H and O–H groups in total. The number of nitrogen functional groups attached to an aromatic ring is 1. The quantitative estimate of drug-likeness (QED) is 0.573. The number of ether oxygens (including phenoxy) is 2. The van der Waals surface area contributed by atoms with E-state index < -0.39 is 12.0 Å². The van der Waals surface area contributed by atoms with E-state index >= 15 is 0 Å². The lowest BCUT2D eigenvalue weighted by Gasteiger charge is -2.31. The number of methoxy groups -OCH3 is 1. The van der Waals surface area contributed by atoms with Gasteiger partial charge in [0.25, 0.3) is 0 Å². The Labute approximate surface area is 178 Å². The standard InChI is InChI=1S/C22H20ClFN4O2/c1-29-21-10-20-16(9-19(21)25)22(26)28(12-27-20)14-3-5-15(6-4-14)30-11-13-2-7-18(24)17(23)8-13/h2-10,12,22H,11,25-26H2,1H3. The van der Waals surface area contributed by atoms with Gasteiger partial charge in [-0.25, -0.2) is 9.38 Å². The molecule has 0 amide bonds. The first-order chi connectivity index (χ1) is 14.5. The van der Waals surface area contributed by atoms with E-state index in [1.165, 1.54) is 6.07 Å². The van der Waals surface area contributed by atoms with Gasteiger partial charge < -0.3 is 25.8 Å². The van der Waals surface area contributed by atoms with Crippen molar-refractivity contribution in [3.63, 3.8) is 0 Å². The van der Waals surface area contributed by atoms with Crippen molar-refractivity contribution in [2.45, 2.75) is 12.8 Å². The van der Waals surface area contributed by atoms with E-state index in [1.54, 1.807) is 37.7 Å². The Morgan fingerprint density at radius 2 is 1.90 bits per heavy atom. The summed E-state index contributed by atoms with van der Waals surface area (Å²) in [6.45, 7) is 0.276. The molecule has 0 bridgehead atoms. The van der Waals surface area contributed by atoms with Gasteiger partial charge in [0.2, 0.25) is 0 Å². The van der Waals surface area contributed by atoms with Crippen molar-refractivity contribution in [1.29, 1.82) is 0 Å². The molecule has 1 aliphatic rings. The average molecular weight is 427 g/mol. The Hall–Kier alpha value is -3.29. The van der Waals surface area contributed by atoms with Crippen LogP contribution in [0.2, 0.25) is 5.02 Å². The summed E-state index contributed by atoms with van der Waals surface area (Å²) in [4.78, 5) is 6.32. The van der Waals surface area contributed by atoms with E-state index in [9.17, 15) is 4.39 Å². The van der Waals surface area contributed by atoms with Crippen LogP contribution in [0.25, 0.3) is 0 Å². The highest BCUT2D eigenvalue weighted by Crippen LogP contribution is 2.38. The summed E-state index contributed by atoms with van der Waals surface area (Å²) >= 11 is 5.80. The van der Waals surface area contributed by atoms with Crippen molar-refractivity contribution < 1.29 is 13.9 Å². The fraction of sp³-hybridized carbons (Fsp3) is 0.136. The van der Waals surface area contributed by atoms with Gasteiger partial charge in [-0.2, -0.15) is 0 Å². The normalized spacial score (nSPS) is 15.1. The number of halogens is 2. The van der Waals surface area contributed by atoms with Crippen LogP contribution in [-0.2, 0) is 6.61 Å². The first-order valence-corrected chi connectivity index (χ1v) is 9.56. The fourth-order valence-corrected chi connectivity index (χ4v) is 3.42. The minimum absolute atomic E-state index is 0.0726. The third-order valence-corrected chi connectivity index (χ3v) is 5.13. The highest BCUT2D eigenvalue weighted by molar-refractivity contribution is 6.30. The molecule has 0 saturated heterocycles. The second-order valence-corrected chi connectivity index (χ2v) is 7.19. The van der Waals surface area contributed by atoms with Gasteiger partial charge in [0.05, 0.1) is 29.8 Å². The predicted molar refractivity (Wildman–Crippen MR) is 117 cm³/mol. The summed E-state index contributed by atoms with van der Waals surface area (Å²) in [5.74, 6) is 0.776. The summed E-state index contributed by atoms with van der Waals surface area (Å²) < 4.78 is 24.3. The largest absolute Gasteiger partial charge is 0.495 e. The smallest absolute Gasteiger partial charge is 0.143 e. The van der Waals surface area contributed by atoms with Gasteiger partial charge in [-0.05, 0) is 48.0 Å². The number of benzene rings is 3. The molecule has 0 aliphatic carbocycles. The zero-order valence-electron chi connectivity index (χ0n) is 16.2. The third kappa shape index (κ3) is 3.90. The topological polar surface area (TPSA) is 86.1 Å². The van der Waals surface area contributed by atoms with Crippen LogP contribution in [0.5, 0.6) is 11.5 Å².